The van der Waals surface area contributed by atoms with Crippen molar-refractivity contribution in [3.63, 3.8) is 0 Å². The van der Waals surface area contributed by atoms with Crippen LogP contribution in [0.15, 0.2) is 18.2 Å². The predicted octanol–water partition coefficient (Wildman–Crippen LogP) is 0.418. The smallest absolute Gasteiger partial charge is 0.335 e. The third-order valence-electron chi connectivity index (χ3n) is 2.04. The van der Waals surface area contributed by atoms with Gasteiger partial charge in [-0.1, -0.05) is 0 Å². The summed E-state index contributed by atoms with van der Waals surface area (Å²) in [6.45, 7) is -0.385. The standard InChI is InChI=1S/C10H10N2O6/c1-11-9(13)5-18-8-3-2-6(10(14)15)4-7(8)12(16)17/h2-4H,5H2,1H3,(H,11,13)(H,14,15). The summed E-state index contributed by atoms with van der Waals surface area (Å²) in [5, 5.41) is 21.7. The first-order valence-electron chi connectivity index (χ1n) is 4.80. The van der Waals surface area contributed by atoms with Crippen molar-refractivity contribution >= 4 is 17.6 Å². The number of benzene rings is 1. The molecular formula is C10H10N2O6. The van der Waals surface area contributed by atoms with Crippen molar-refractivity contribution in [1.29, 1.82) is 0 Å². The highest BCUT2D eigenvalue weighted by Crippen LogP contribution is 2.27. The van der Waals surface area contributed by atoms with Gasteiger partial charge in [-0.25, -0.2) is 4.79 Å². The molecule has 0 atom stereocenters. The molecule has 0 fully saturated rings. The average molecular weight is 254 g/mol. The Morgan fingerprint density at radius 3 is 2.67 bits per heavy atom. The Balaban J connectivity index is 3.00. The van der Waals surface area contributed by atoms with E-state index in [0.717, 1.165) is 18.2 Å². The summed E-state index contributed by atoms with van der Waals surface area (Å²) in [5.41, 5.74) is -0.729. The van der Waals surface area contributed by atoms with Crippen molar-refractivity contribution < 1.29 is 24.4 Å². The molecule has 0 aliphatic rings. The highest BCUT2D eigenvalue weighted by atomic mass is 16.6. The van der Waals surface area contributed by atoms with Crippen molar-refractivity contribution in [2.75, 3.05) is 13.7 Å². The second kappa shape index (κ2) is 5.62. The molecule has 0 unspecified atom stereocenters. The highest BCUT2D eigenvalue weighted by Gasteiger charge is 2.19. The summed E-state index contributed by atoms with van der Waals surface area (Å²) < 4.78 is 4.94. The number of rotatable bonds is 5. The van der Waals surface area contributed by atoms with Gasteiger partial charge in [0.25, 0.3) is 5.91 Å². The van der Waals surface area contributed by atoms with Gasteiger partial charge in [0.2, 0.25) is 0 Å². The largest absolute Gasteiger partial charge is 0.478 e. The number of carbonyl (C=O) groups is 2. The van der Waals surface area contributed by atoms with Crippen LogP contribution in [-0.4, -0.2) is 35.6 Å². The molecule has 0 heterocycles. The van der Waals surface area contributed by atoms with E-state index >= 15 is 0 Å². The molecule has 8 heteroatoms. The van der Waals surface area contributed by atoms with E-state index in [1.54, 1.807) is 0 Å². The number of hydrogen-bond donors (Lipinski definition) is 2. The lowest BCUT2D eigenvalue weighted by molar-refractivity contribution is -0.385. The van der Waals surface area contributed by atoms with Gasteiger partial charge in [0.1, 0.15) is 0 Å². The Hall–Kier alpha value is -2.64. The molecule has 0 aliphatic heterocycles. The van der Waals surface area contributed by atoms with Crippen LogP contribution in [0, 0.1) is 10.1 Å². The molecule has 0 bridgehead atoms. The molecule has 0 saturated heterocycles. The number of aromatic carboxylic acids is 1. The first-order valence-corrected chi connectivity index (χ1v) is 4.80. The summed E-state index contributed by atoms with van der Waals surface area (Å²) >= 11 is 0. The SMILES string of the molecule is CNC(=O)COc1ccc(C(=O)O)cc1[N+](=O)[O-]. The summed E-state index contributed by atoms with van der Waals surface area (Å²) in [7, 11) is 1.40. The number of likely N-dealkylation sites (N-methyl/N-ethyl adjacent to an activating group) is 1. The van der Waals surface area contributed by atoms with E-state index < -0.39 is 22.5 Å². The second-order valence-corrected chi connectivity index (χ2v) is 3.21. The third kappa shape index (κ3) is 3.17. The molecular weight excluding hydrogens is 244 g/mol. The Bertz CT molecular complexity index is 499. The lowest BCUT2D eigenvalue weighted by Gasteiger charge is -2.06. The Morgan fingerprint density at radius 1 is 1.50 bits per heavy atom. The van der Waals surface area contributed by atoms with Crippen LogP contribution in [-0.2, 0) is 4.79 Å². The van der Waals surface area contributed by atoms with Crippen LogP contribution in [0.3, 0.4) is 0 Å². The van der Waals surface area contributed by atoms with E-state index in [0.29, 0.717) is 0 Å². The lowest BCUT2D eigenvalue weighted by atomic mass is 10.2. The Morgan fingerprint density at radius 2 is 2.17 bits per heavy atom. The molecule has 0 aromatic heterocycles. The number of carboxylic acid groups (broad SMARTS) is 1. The summed E-state index contributed by atoms with van der Waals surface area (Å²) in [4.78, 5) is 31.6. The quantitative estimate of drug-likeness (QED) is 0.580. The molecule has 1 aromatic rings. The van der Waals surface area contributed by atoms with E-state index in [2.05, 4.69) is 5.32 Å². The number of ether oxygens (including phenoxy) is 1. The fourth-order valence-corrected chi connectivity index (χ4v) is 1.13. The minimum Gasteiger partial charge on any atom is -0.478 e. The van der Waals surface area contributed by atoms with E-state index in [4.69, 9.17) is 9.84 Å². The second-order valence-electron chi connectivity index (χ2n) is 3.21. The van der Waals surface area contributed by atoms with Gasteiger partial charge in [0.15, 0.2) is 12.4 Å². The van der Waals surface area contributed by atoms with Crippen LogP contribution < -0.4 is 10.1 Å². The predicted molar refractivity (Wildman–Crippen MR) is 59.6 cm³/mol. The zero-order valence-corrected chi connectivity index (χ0v) is 9.37. The number of nitrogens with zero attached hydrogens (tertiary/aromatic N) is 1. The van der Waals surface area contributed by atoms with Crippen molar-refractivity contribution in [2.24, 2.45) is 0 Å². The average Bonchev–Trinajstić information content (AvgIpc) is 2.35. The van der Waals surface area contributed by atoms with Gasteiger partial charge >= 0.3 is 11.7 Å². The van der Waals surface area contributed by atoms with Gasteiger partial charge in [0.05, 0.1) is 10.5 Å². The molecule has 0 saturated carbocycles. The minimum atomic E-state index is -1.28. The molecule has 1 rings (SSSR count). The number of nitro groups is 1. The van der Waals surface area contributed by atoms with Gasteiger partial charge in [-0.15, -0.1) is 0 Å². The van der Waals surface area contributed by atoms with Crippen LogP contribution in [0.1, 0.15) is 10.4 Å². The van der Waals surface area contributed by atoms with E-state index in [9.17, 15) is 19.7 Å². The normalized spacial score (nSPS) is 9.61. The molecule has 0 radical (unpaired) electrons. The van der Waals surface area contributed by atoms with Crippen molar-refractivity contribution in [2.45, 2.75) is 0 Å². The Labute approximate surface area is 101 Å². The zero-order chi connectivity index (χ0) is 13.7. The third-order valence-corrected chi connectivity index (χ3v) is 2.04. The van der Waals surface area contributed by atoms with E-state index in [-0.39, 0.29) is 17.9 Å². The van der Waals surface area contributed by atoms with Crippen LogP contribution in [0.5, 0.6) is 5.75 Å². The van der Waals surface area contributed by atoms with Crippen LogP contribution in [0.4, 0.5) is 5.69 Å². The van der Waals surface area contributed by atoms with Crippen LogP contribution in [0.25, 0.3) is 0 Å². The van der Waals surface area contributed by atoms with Gasteiger partial charge < -0.3 is 15.2 Å². The number of hydrogen-bond acceptors (Lipinski definition) is 5. The van der Waals surface area contributed by atoms with Gasteiger partial charge in [-0.2, -0.15) is 0 Å². The summed E-state index contributed by atoms with van der Waals surface area (Å²) in [6.07, 6.45) is 0. The molecule has 2 N–H and O–H groups in total. The van der Waals surface area contributed by atoms with Gasteiger partial charge in [0, 0.05) is 13.1 Å². The highest BCUT2D eigenvalue weighted by molar-refractivity contribution is 5.89. The summed E-state index contributed by atoms with van der Waals surface area (Å²) in [5.74, 6) is -1.89. The maximum Gasteiger partial charge on any atom is 0.335 e. The zero-order valence-electron chi connectivity index (χ0n) is 9.37. The minimum absolute atomic E-state index is 0.159. The number of carbonyl (C=O) groups excluding carboxylic acids is 1. The van der Waals surface area contributed by atoms with Crippen LogP contribution >= 0.6 is 0 Å². The molecule has 1 aromatic carbocycles. The first kappa shape index (κ1) is 13.4. The van der Waals surface area contributed by atoms with Crippen molar-refractivity contribution in [1.82, 2.24) is 5.32 Å². The number of nitrogens with one attached hydrogen (secondary N) is 1. The van der Waals surface area contributed by atoms with Crippen molar-refractivity contribution in [3.8, 4) is 5.75 Å². The Kier molecular flexibility index (Phi) is 4.19. The maximum absolute atomic E-state index is 10.9. The molecule has 8 nitrogen and oxygen atoms in total. The van der Waals surface area contributed by atoms with Gasteiger partial charge in [-0.05, 0) is 12.1 Å². The monoisotopic (exact) mass is 254 g/mol. The molecule has 18 heavy (non-hydrogen) atoms. The molecule has 96 valence electrons. The van der Waals surface area contributed by atoms with E-state index in [1.165, 1.54) is 7.05 Å². The maximum atomic E-state index is 10.9. The van der Waals surface area contributed by atoms with E-state index in [1.807, 2.05) is 0 Å². The summed E-state index contributed by atoms with van der Waals surface area (Å²) in [6, 6.07) is 3.18. The molecule has 1 amide bonds. The fraction of sp³-hybridized carbons (Fsp3) is 0.200. The fourth-order valence-electron chi connectivity index (χ4n) is 1.13. The topological polar surface area (TPSA) is 119 Å². The van der Waals surface area contributed by atoms with Crippen LogP contribution in [0.2, 0.25) is 0 Å². The number of amides is 1. The molecule has 0 aliphatic carbocycles. The van der Waals surface area contributed by atoms with Crippen molar-refractivity contribution in [3.05, 3.63) is 33.9 Å². The number of carboxylic acids is 1. The lowest BCUT2D eigenvalue weighted by Crippen LogP contribution is -2.25. The van der Waals surface area contributed by atoms with Gasteiger partial charge in [-0.3, -0.25) is 14.9 Å². The number of nitro benzene ring substituents is 1. The first-order chi connectivity index (χ1) is 8.45. The molecule has 0 spiro atoms.